The zero-order chi connectivity index (χ0) is 55.5. The molecule has 0 aromatic heterocycles. The van der Waals surface area contributed by atoms with Gasteiger partial charge in [-0.2, -0.15) is 0 Å². The molecule has 1 aliphatic rings. The number of hydrogen-bond acceptors (Lipinski definition) is 8. The summed E-state index contributed by atoms with van der Waals surface area (Å²) in [6.45, 7) is 5.98. The summed E-state index contributed by atoms with van der Waals surface area (Å²) in [7, 11) is 0. The Hall–Kier alpha value is -4.19. The lowest BCUT2D eigenvalue weighted by Gasteiger charge is -2.46. The van der Waals surface area contributed by atoms with Crippen LogP contribution in [0, 0.1) is 0 Å². The number of hydrogen-bond donors (Lipinski definition) is 2. The number of carbonyl (C=O) groups is 1. The lowest BCUT2D eigenvalue weighted by Crippen LogP contribution is -2.62. The highest BCUT2D eigenvalue weighted by molar-refractivity contribution is 5.76. The van der Waals surface area contributed by atoms with Gasteiger partial charge in [-0.3, -0.25) is 4.79 Å². The molecule has 0 bridgehead atoms. The maximum absolute atomic E-state index is 13.8. The van der Waals surface area contributed by atoms with E-state index in [1.165, 1.54) is 141 Å². The van der Waals surface area contributed by atoms with Crippen LogP contribution in [0.4, 0.5) is 0 Å². The van der Waals surface area contributed by atoms with Crippen LogP contribution in [0.15, 0.2) is 133 Å². The van der Waals surface area contributed by atoms with Crippen molar-refractivity contribution < 1.29 is 38.3 Å². The van der Waals surface area contributed by atoms with Crippen molar-refractivity contribution in [1.82, 2.24) is 5.32 Å². The second kappa shape index (κ2) is 43.5. The number of nitrogens with one attached hydrogen (secondary N) is 1. The average molecular weight is 1090 g/mol. The fourth-order valence-electron chi connectivity index (χ4n) is 10.5. The number of unbranched alkanes of at least 4 members (excludes halogenated alkanes) is 25. The Morgan fingerprint density at radius 2 is 0.861 bits per heavy atom. The van der Waals surface area contributed by atoms with Gasteiger partial charge >= 0.3 is 0 Å². The van der Waals surface area contributed by atoms with Crippen LogP contribution >= 0.6 is 0 Å². The summed E-state index contributed by atoms with van der Waals surface area (Å²) in [4.78, 5) is 13.8. The summed E-state index contributed by atoms with van der Waals surface area (Å²) in [5, 5.41) is 15.1. The molecule has 438 valence electrons. The molecule has 0 saturated carbocycles. The van der Waals surface area contributed by atoms with Gasteiger partial charge in [0.1, 0.15) is 24.4 Å². The van der Waals surface area contributed by atoms with Crippen molar-refractivity contribution in [1.29, 1.82) is 0 Å². The highest BCUT2D eigenvalue weighted by Gasteiger charge is 2.49. The molecular weight excluding hydrogens is 983 g/mol. The number of amides is 1. The first-order valence-corrected chi connectivity index (χ1v) is 31.5. The van der Waals surface area contributed by atoms with E-state index in [-0.39, 0.29) is 25.7 Å². The highest BCUT2D eigenvalue weighted by Crippen LogP contribution is 2.32. The molecule has 0 aliphatic carbocycles. The van der Waals surface area contributed by atoms with Gasteiger partial charge in [0.15, 0.2) is 6.29 Å². The minimum Gasteiger partial charge on any atom is -0.387 e. The quantitative estimate of drug-likeness (QED) is 0.0333. The smallest absolute Gasteiger partial charge is 0.220 e. The molecule has 1 heterocycles. The first-order chi connectivity index (χ1) is 39.0. The molecule has 4 aromatic rings. The van der Waals surface area contributed by atoms with Gasteiger partial charge in [0.05, 0.1) is 51.8 Å². The molecule has 7 atom stereocenters. The molecule has 1 aliphatic heterocycles. The van der Waals surface area contributed by atoms with E-state index in [1.54, 1.807) is 0 Å². The van der Waals surface area contributed by atoms with E-state index in [9.17, 15) is 9.90 Å². The highest BCUT2D eigenvalue weighted by atomic mass is 16.7. The third kappa shape index (κ3) is 29.4. The second-order valence-electron chi connectivity index (χ2n) is 22.3. The molecule has 0 radical (unpaired) electrons. The molecule has 0 unspecified atom stereocenters. The Labute approximate surface area is 479 Å². The zero-order valence-corrected chi connectivity index (χ0v) is 49.1. The van der Waals surface area contributed by atoms with Gasteiger partial charge in [-0.15, -0.1) is 0 Å². The van der Waals surface area contributed by atoms with Crippen LogP contribution in [-0.2, 0) is 59.6 Å². The van der Waals surface area contributed by atoms with E-state index in [0.717, 1.165) is 54.4 Å². The lowest BCUT2D eigenvalue weighted by atomic mass is 9.97. The van der Waals surface area contributed by atoms with E-state index in [2.05, 4.69) is 25.2 Å². The standard InChI is InChI=1S/C70H105NO8/c1-3-5-7-9-11-13-15-17-18-20-22-24-26-28-42-52-66(73)71-63(64(72)51-41-27-25-23-21-19-16-14-12-10-8-6-4-2)57-78-70-69(77-56-62-49-39-32-40-50-62)68(76-55-61-47-37-31-38-48-61)67(75-54-60-45-35-30-36-46-60)65(79-70)58-74-53-59-43-33-29-34-44-59/h29-41,43-51,63-65,67-70,72H,3-28,42,52-58H2,1-2H3,(H,71,73)/b51-41+/t63-,64+,65+,67-,68-,69+,70-/m0/s1. The van der Waals surface area contributed by atoms with Crippen molar-refractivity contribution in [2.24, 2.45) is 0 Å². The maximum Gasteiger partial charge on any atom is 0.220 e. The Kier molecular flexibility index (Phi) is 36.2. The minimum absolute atomic E-state index is 0.0249. The van der Waals surface area contributed by atoms with Crippen molar-refractivity contribution in [2.45, 2.75) is 263 Å². The van der Waals surface area contributed by atoms with Gasteiger partial charge in [0.25, 0.3) is 0 Å². The van der Waals surface area contributed by atoms with Gasteiger partial charge in [-0.25, -0.2) is 0 Å². The number of allylic oxidation sites excluding steroid dienone is 1. The molecule has 9 heteroatoms. The predicted octanol–water partition coefficient (Wildman–Crippen LogP) is 17.1. The van der Waals surface area contributed by atoms with Crippen LogP contribution in [0.2, 0.25) is 0 Å². The van der Waals surface area contributed by atoms with Crippen molar-refractivity contribution in [3.8, 4) is 0 Å². The first-order valence-electron chi connectivity index (χ1n) is 31.5. The van der Waals surface area contributed by atoms with Crippen LogP contribution in [0.1, 0.15) is 216 Å². The summed E-state index contributed by atoms with van der Waals surface area (Å²) in [5.74, 6) is -0.0896. The summed E-state index contributed by atoms with van der Waals surface area (Å²) < 4.78 is 41.0. The lowest BCUT2D eigenvalue weighted by molar-refractivity contribution is -0.329. The van der Waals surface area contributed by atoms with Crippen LogP contribution in [0.25, 0.3) is 0 Å². The molecule has 0 spiro atoms. The second-order valence-corrected chi connectivity index (χ2v) is 22.3. The summed E-state index contributed by atoms with van der Waals surface area (Å²) in [5.41, 5.74) is 4.05. The van der Waals surface area contributed by atoms with E-state index in [1.807, 2.05) is 127 Å². The molecule has 5 rings (SSSR count). The van der Waals surface area contributed by atoms with Gasteiger partial charge in [0.2, 0.25) is 5.91 Å². The maximum atomic E-state index is 13.8. The molecule has 1 amide bonds. The monoisotopic (exact) mass is 1090 g/mol. The molecule has 1 fully saturated rings. The normalized spacial score (nSPS) is 18.2. The molecule has 2 N–H and O–H groups in total. The topological polar surface area (TPSA) is 105 Å². The summed E-state index contributed by atoms with van der Waals surface area (Å²) in [6.07, 6.45) is 33.6. The van der Waals surface area contributed by atoms with Crippen molar-refractivity contribution in [3.05, 3.63) is 156 Å². The van der Waals surface area contributed by atoms with E-state index >= 15 is 0 Å². The van der Waals surface area contributed by atoms with Crippen LogP contribution in [0.3, 0.4) is 0 Å². The van der Waals surface area contributed by atoms with Crippen LogP contribution in [0.5, 0.6) is 0 Å². The third-order valence-electron chi connectivity index (χ3n) is 15.4. The Morgan fingerprint density at radius 1 is 0.481 bits per heavy atom. The van der Waals surface area contributed by atoms with E-state index in [0.29, 0.717) is 26.2 Å². The van der Waals surface area contributed by atoms with Crippen LogP contribution in [-0.4, -0.2) is 67.1 Å². The van der Waals surface area contributed by atoms with Crippen molar-refractivity contribution in [3.63, 3.8) is 0 Å². The van der Waals surface area contributed by atoms with Gasteiger partial charge < -0.3 is 38.8 Å². The Balaban J connectivity index is 1.27. The third-order valence-corrected chi connectivity index (χ3v) is 15.4. The summed E-state index contributed by atoms with van der Waals surface area (Å²) >= 11 is 0. The molecule has 4 aromatic carbocycles. The zero-order valence-electron chi connectivity index (χ0n) is 49.1. The van der Waals surface area contributed by atoms with Crippen LogP contribution < -0.4 is 5.32 Å². The number of aliphatic hydroxyl groups is 1. The number of carbonyl (C=O) groups excluding carboxylic acids is 1. The number of benzene rings is 4. The van der Waals surface area contributed by atoms with Gasteiger partial charge in [-0.1, -0.05) is 301 Å². The summed E-state index contributed by atoms with van der Waals surface area (Å²) in [6, 6.07) is 39.6. The number of ether oxygens (including phenoxy) is 6. The van der Waals surface area contributed by atoms with E-state index in [4.69, 9.17) is 28.4 Å². The fourth-order valence-corrected chi connectivity index (χ4v) is 10.5. The van der Waals surface area contributed by atoms with Gasteiger partial charge in [-0.05, 0) is 41.5 Å². The van der Waals surface area contributed by atoms with Crippen molar-refractivity contribution >= 4 is 5.91 Å². The average Bonchev–Trinajstić information content (AvgIpc) is 3.56. The van der Waals surface area contributed by atoms with Crippen molar-refractivity contribution in [2.75, 3.05) is 13.2 Å². The number of rotatable bonds is 47. The largest absolute Gasteiger partial charge is 0.387 e. The molecule has 79 heavy (non-hydrogen) atoms. The molecule has 1 saturated heterocycles. The predicted molar refractivity (Wildman–Crippen MR) is 323 cm³/mol. The Morgan fingerprint density at radius 3 is 1.30 bits per heavy atom. The minimum atomic E-state index is -0.984. The number of aliphatic hydroxyl groups excluding tert-OH is 1. The first kappa shape index (κ1) is 65.6. The van der Waals surface area contributed by atoms with E-state index < -0.39 is 42.9 Å². The molecular formula is C70H105NO8. The Bertz CT molecular complexity index is 2060. The molecule has 9 nitrogen and oxygen atoms in total. The van der Waals surface area contributed by atoms with Gasteiger partial charge in [0, 0.05) is 6.42 Å². The fraction of sp³-hybridized carbons (Fsp3) is 0.614. The SMILES string of the molecule is CCCCCCCCCCCCC/C=C/[C@@H](O)[C@H](CO[C@H]1O[C@H](COCc2ccccc2)[C@H](OCc2ccccc2)[C@H](OCc2ccccc2)[C@H]1OCc1ccccc1)NC(=O)CCCCCCCCCCCCCCCCC.